The average molecular weight is 289 g/mol. The maximum atomic E-state index is 12.0. The van der Waals surface area contributed by atoms with Crippen molar-refractivity contribution in [2.24, 2.45) is 0 Å². The van der Waals surface area contributed by atoms with Crippen LogP contribution in [-0.4, -0.2) is 29.5 Å². The van der Waals surface area contributed by atoms with Gasteiger partial charge in [0.05, 0.1) is 12.1 Å². The lowest BCUT2D eigenvalue weighted by atomic mass is 9.99. The van der Waals surface area contributed by atoms with Crippen LogP contribution in [0, 0.1) is 0 Å². The molecule has 0 fully saturated rings. The average Bonchev–Trinajstić information content (AvgIpc) is 2.33. The Bertz CT molecular complexity index is 524. The zero-order valence-electron chi connectivity index (χ0n) is 10.9. The van der Waals surface area contributed by atoms with Gasteiger partial charge in [-0.15, -0.1) is 0 Å². The summed E-state index contributed by atoms with van der Waals surface area (Å²) in [5.74, 6) is -3.17. The van der Waals surface area contributed by atoms with E-state index in [-0.39, 0.29) is 17.2 Å². The maximum Gasteiger partial charge on any atom is 0.471 e. The van der Waals surface area contributed by atoms with Crippen LogP contribution in [0.2, 0.25) is 0 Å². The smallest absolute Gasteiger partial charge is 0.471 e. The zero-order valence-corrected chi connectivity index (χ0v) is 10.9. The predicted molar refractivity (Wildman–Crippen MR) is 65.6 cm³/mol. The first-order chi connectivity index (χ1) is 9.12. The van der Waals surface area contributed by atoms with Crippen LogP contribution in [0.5, 0.6) is 5.75 Å². The highest BCUT2D eigenvalue weighted by atomic mass is 19.4. The zero-order chi connectivity index (χ0) is 15.5. The minimum atomic E-state index is -5.04. The van der Waals surface area contributed by atoms with Gasteiger partial charge in [-0.3, -0.25) is 9.59 Å². The normalized spacial score (nSPS) is 11.5. The number of carbonyl (C=O) groups is 2. The highest BCUT2D eigenvalue weighted by molar-refractivity contribution is 6.01. The first-order valence-corrected chi connectivity index (χ1v) is 5.84. The number of halogens is 3. The summed E-state index contributed by atoms with van der Waals surface area (Å²) >= 11 is 0. The molecule has 0 unspecified atom stereocenters. The molecule has 1 amide bonds. The van der Waals surface area contributed by atoms with Gasteiger partial charge in [0, 0.05) is 0 Å². The summed E-state index contributed by atoms with van der Waals surface area (Å²) in [5, 5.41) is 11.1. The number of hydrogen-bond donors (Lipinski definition) is 2. The minimum absolute atomic E-state index is 0.128. The molecule has 0 saturated carbocycles. The molecule has 110 valence electrons. The third kappa shape index (κ3) is 3.97. The van der Waals surface area contributed by atoms with E-state index in [1.54, 1.807) is 6.07 Å². The van der Waals surface area contributed by atoms with Crippen LogP contribution >= 0.6 is 0 Å². The number of carbonyl (C=O) groups excluding carboxylic acids is 2. The number of hydrogen-bond acceptors (Lipinski definition) is 3. The largest absolute Gasteiger partial charge is 0.507 e. The van der Waals surface area contributed by atoms with Crippen molar-refractivity contribution in [1.82, 2.24) is 5.32 Å². The fourth-order valence-corrected chi connectivity index (χ4v) is 1.50. The Morgan fingerprint density at radius 1 is 1.30 bits per heavy atom. The maximum absolute atomic E-state index is 12.0. The topological polar surface area (TPSA) is 66.4 Å². The number of amides is 1. The molecule has 20 heavy (non-hydrogen) atoms. The van der Waals surface area contributed by atoms with Gasteiger partial charge in [0.15, 0.2) is 5.78 Å². The number of ketones is 1. The number of benzene rings is 1. The fraction of sp³-hybridized carbons (Fsp3) is 0.385. The van der Waals surface area contributed by atoms with E-state index in [9.17, 15) is 27.9 Å². The summed E-state index contributed by atoms with van der Waals surface area (Å²) in [6, 6.07) is 4.30. The van der Waals surface area contributed by atoms with E-state index in [1.807, 2.05) is 13.8 Å². The van der Waals surface area contributed by atoms with Crippen molar-refractivity contribution in [2.45, 2.75) is 25.9 Å². The quantitative estimate of drug-likeness (QED) is 0.836. The summed E-state index contributed by atoms with van der Waals surface area (Å²) in [6.45, 7) is 2.95. The molecule has 1 aromatic carbocycles. The molecule has 0 spiro atoms. The van der Waals surface area contributed by atoms with Gasteiger partial charge in [-0.05, 0) is 23.6 Å². The van der Waals surface area contributed by atoms with Crippen LogP contribution in [0.4, 0.5) is 13.2 Å². The number of nitrogens with one attached hydrogen (secondary N) is 1. The van der Waals surface area contributed by atoms with E-state index in [0.29, 0.717) is 0 Å². The van der Waals surface area contributed by atoms with Gasteiger partial charge in [-0.2, -0.15) is 13.2 Å². The summed E-state index contributed by atoms with van der Waals surface area (Å²) in [4.78, 5) is 22.2. The van der Waals surface area contributed by atoms with Gasteiger partial charge in [0.25, 0.3) is 0 Å². The number of rotatable bonds is 4. The van der Waals surface area contributed by atoms with E-state index in [1.165, 1.54) is 17.4 Å². The first-order valence-electron chi connectivity index (χ1n) is 5.84. The molecule has 0 aromatic heterocycles. The van der Waals surface area contributed by atoms with E-state index in [0.717, 1.165) is 5.56 Å². The van der Waals surface area contributed by atoms with Crippen LogP contribution in [0.15, 0.2) is 18.2 Å². The molecule has 0 aliphatic heterocycles. The number of aromatic hydroxyl groups is 1. The van der Waals surface area contributed by atoms with Crippen LogP contribution in [0.1, 0.15) is 35.7 Å². The van der Waals surface area contributed by atoms with Gasteiger partial charge in [0.1, 0.15) is 5.75 Å². The van der Waals surface area contributed by atoms with Gasteiger partial charge in [0.2, 0.25) is 0 Å². The van der Waals surface area contributed by atoms with Crippen LogP contribution in [0.3, 0.4) is 0 Å². The van der Waals surface area contributed by atoms with Crippen LogP contribution < -0.4 is 5.32 Å². The second-order valence-corrected chi connectivity index (χ2v) is 4.53. The standard InChI is InChI=1S/C13H14F3NO3/c1-7(2)8-3-4-9(10(18)5-8)11(19)6-17-12(20)13(14,15)16/h3-5,7,18H,6H2,1-2H3,(H,17,20). The predicted octanol–water partition coefficient (Wildman–Crippen LogP) is 2.38. The fourth-order valence-electron chi connectivity index (χ4n) is 1.50. The lowest BCUT2D eigenvalue weighted by Crippen LogP contribution is -2.39. The minimum Gasteiger partial charge on any atom is -0.507 e. The summed E-state index contributed by atoms with van der Waals surface area (Å²) < 4.78 is 35.9. The van der Waals surface area contributed by atoms with Crippen molar-refractivity contribution in [1.29, 1.82) is 0 Å². The Morgan fingerprint density at radius 2 is 1.90 bits per heavy atom. The molecule has 0 saturated heterocycles. The summed E-state index contributed by atoms with van der Waals surface area (Å²) in [7, 11) is 0. The Kier molecular flexibility index (Phi) is 4.75. The van der Waals surface area contributed by atoms with Crippen molar-refractivity contribution in [3.63, 3.8) is 0 Å². The lowest BCUT2D eigenvalue weighted by Gasteiger charge is -2.10. The van der Waals surface area contributed by atoms with E-state index < -0.39 is 24.4 Å². The molecule has 2 N–H and O–H groups in total. The highest BCUT2D eigenvalue weighted by Gasteiger charge is 2.38. The Balaban J connectivity index is 2.76. The molecular formula is C13H14F3NO3. The van der Waals surface area contributed by atoms with E-state index in [2.05, 4.69) is 0 Å². The molecule has 1 rings (SSSR count). The van der Waals surface area contributed by atoms with Gasteiger partial charge in [-0.25, -0.2) is 0 Å². The Hall–Kier alpha value is -2.05. The third-order valence-corrected chi connectivity index (χ3v) is 2.66. The molecular weight excluding hydrogens is 275 g/mol. The molecule has 0 heterocycles. The van der Waals surface area contributed by atoms with Gasteiger partial charge >= 0.3 is 12.1 Å². The molecule has 0 bridgehead atoms. The van der Waals surface area contributed by atoms with Gasteiger partial charge in [-0.1, -0.05) is 19.9 Å². The molecule has 0 atom stereocenters. The second-order valence-electron chi connectivity index (χ2n) is 4.53. The van der Waals surface area contributed by atoms with Crippen molar-refractivity contribution in [2.75, 3.05) is 6.54 Å². The summed E-state index contributed by atoms with van der Waals surface area (Å²) in [6.07, 6.45) is -5.04. The lowest BCUT2D eigenvalue weighted by molar-refractivity contribution is -0.173. The second kappa shape index (κ2) is 5.94. The molecule has 4 nitrogen and oxygen atoms in total. The number of phenols is 1. The first kappa shape index (κ1) is 16.0. The third-order valence-electron chi connectivity index (χ3n) is 2.66. The van der Waals surface area contributed by atoms with Crippen molar-refractivity contribution in [3.8, 4) is 5.75 Å². The van der Waals surface area contributed by atoms with Crippen molar-refractivity contribution < 1.29 is 27.9 Å². The number of phenolic OH excluding ortho intramolecular Hbond substituents is 1. The van der Waals surface area contributed by atoms with Gasteiger partial charge < -0.3 is 10.4 Å². The Morgan fingerprint density at radius 3 is 2.35 bits per heavy atom. The van der Waals surface area contributed by atoms with Crippen LogP contribution in [-0.2, 0) is 4.79 Å². The molecule has 0 radical (unpaired) electrons. The molecule has 1 aromatic rings. The van der Waals surface area contributed by atoms with E-state index in [4.69, 9.17) is 0 Å². The van der Waals surface area contributed by atoms with Crippen molar-refractivity contribution in [3.05, 3.63) is 29.3 Å². The highest BCUT2D eigenvalue weighted by Crippen LogP contribution is 2.24. The van der Waals surface area contributed by atoms with Crippen molar-refractivity contribution >= 4 is 11.7 Å². The summed E-state index contributed by atoms with van der Waals surface area (Å²) in [5.41, 5.74) is 0.662. The molecule has 7 heteroatoms. The number of Topliss-reactive ketones (excluding diaryl/α,β-unsaturated/α-hetero) is 1. The number of alkyl halides is 3. The van der Waals surface area contributed by atoms with Crippen LogP contribution in [0.25, 0.3) is 0 Å². The Labute approximate surface area is 113 Å². The monoisotopic (exact) mass is 289 g/mol. The SMILES string of the molecule is CC(C)c1ccc(C(=O)CNC(=O)C(F)(F)F)c(O)c1. The molecule has 0 aliphatic carbocycles. The molecule has 0 aliphatic rings. The van der Waals surface area contributed by atoms with E-state index >= 15 is 0 Å².